The van der Waals surface area contributed by atoms with E-state index in [9.17, 15) is 9.59 Å². The van der Waals surface area contributed by atoms with Gasteiger partial charge in [-0.25, -0.2) is 0 Å². The monoisotopic (exact) mass is 329 g/mol. The molecule has 2 aliphatic heterocycles. The van der Waals surface area contributed by atoms with Gasteiger partial charge in [-0.05, 0) is 25.2 Å². The lowest BCUT2D eigenvalue weighted by atomic mass is 9.92. The highest BCUT2D eigenvalue weighted by Crippen LogP contribution is 2.22. The van der Waals surface area contributed by atoms with Gasteiger partial charge in [0, 0.05) is 25.7 Å². The Hall–Kier alpha value is -2.71. The van der Waals surface area contributed by atoms with Gasteiger partial charge in [-0.1, -0.05) is 0 Å². The van der Waals surface area contributed by atoms with Crippen molar-refractivity contribution in [2.45, 2.75) is 25.8 Å². The second-order valence-electron chi connectivity index (χ2n) is 6.29. The first-order chi connectivity index (χ1) is 11.7. The number of amides is 2. The molecule has 2 aliphatic rings. The van der Waals surface area contributed by atoms with Gasteiger partial charge in [0.25, 0.3) is 11.8 Å². The number of aromatic amines is 1. The van der Waals surface area contributed by atoms with Crippen LogP contribution in [0.15, 0.2) is 12.3 Å². The SMILES string of the molecule is O=C1NCCn2nc(C(=O)N3CCC(Cc4cn[nH]n4)CC3)cc21. The van der Waals surface area contributed by atoms with Gasteiger partial charge >= 0.3 is 0 Å². The highest BCUT2D eigenvalue weighted by atomic mass is 16.2. The van der Waals surface area contributed by atoms with Crippen LogP contribution in [0.3, 0.4) is 0 Å². The van der Waals surface area contributed by atoms with Gasteiger partial charge in [-0.3, -0.25) is 14.3 Å². The Labute approximate surface area is 138 Å². The predicted molar refractivity (Wildman–Crippen MR) is 83.3 cm³/mol. The van der Waals surface area contributed by atoms with Crippen molar-refractivity contribution in [1.29, 1.82) is 0 Å². The molecule has 2 N–H and O–H groups in total. The maximum Gasteiger partial charge on any atom is 0.274 e. The van der Waals surface area contributed by atoms with E-state index in [0.717, 1.165) is 25.0 Å². The molecule has 0 spiro atoms. The molecule has 0 radical (unpaired) electrons. The average Bonchev–Trinajstić information content (AvgIpc) is 3.25. The van der Waals surface area contributed by atoms with E-state index in [4.69, 9.17) is 0 Å². The van der Waals surface area contributed by atoms with Crippen molar-refractivity contribution in [3.63, 3.8) is 0 Å². The summed E-state index contributed by atoms with van der Waals surface area (Å²) in [6.45, 7) is 2.56. The largest absolute Gasteiger partial charge is 0.349 e. The molecule has 9 nitrogen and oxygen atoms in total. The summed E-state index contributed by atoms with van der Waals surface area (Å²) in [6, 6.07) is 1.60. The molecule has 1 fully saturated rings. The summed E-state index contributed by atoms with van der Waals surface area (Å²) >= 11 is 0. The van der Waals surface area contributed by atoms with Crippen LogP contribution in [0.5, 0.6) is 0 Å². The molecule has 0 aliphatic carbocycles. The first kappa shape index (κ1) is 14.9. The van der Waals surface area contributed by atoms with Crippen LogP contribution in [0, 0.1) is 5.92 Å². The van der Waals surface area contributed by atoms with Crippen molar-refractivity contribution >= 4 is 11.8 Å². The van der Waals surface area contributed by atoms with E-state index >= 15 is 0 Å². The standard InChI is InChI=1S/C15H19N7O2/c23-14-13-8-12(19-22(13)6-3-16-14)15(24)21-4-1-10(2-5-21)7-11-9-17-20-18-11/h8-10H,1-7H2,(H,16,23)(H,17,18,20). The molecule has 4 heterocycles. The number of carbonyl (C=O) groups excluding carboxylic acids is 2. The molecular weight excluding hydrogens is 310 g/mol. The van der Waals surface area contributed by atoms with Crippen LogP contribution in [0.4, 0.5) is 0 Å². The number of nitrogens with zero attached hydrogens (tertiary/aromatic N) is 5. The third kappa shape index (κ3) is 2.77. The third-order valence-corrected chi connectivity index (χ3v) is 4.71. The van der Waals surface area contributed by atoms with Gasteiger partial charge in [0.2, 0.25) is 0 Å². The summed E-state index contributed by atoms with van der Waals surface area (Å²) in [5.41, 5.74) is 1.79. The second kappa shape index (κ2) is 6.06. The number of likely N-dealkylation sites (tertiary alicyclic amines) is 1. The summed E-state index contributed by atoms with van der Waals surface area (Å²) in [4.78, 5) is 26.2. The zero-order valence-electron chi connectivity index (χ0n) is 13.2. The van der Waals surface area contributed by atoms with Crippen LogP contribution < -0.4 is 5.32 Å². The van der Waals surface area contributed by atoms with E-state index in [1.54, 1.807) is 16.9 Å². The number of fused-ring (bicyclic) bond motifs is 1. The maximum atomic E-state index is 12.6. The fourth-order valence-electron chi connectivity index (χ4n) is 3.36. The summed E-state index contributed by atoms with van der Waals surface area (Å²) in [5, 5.41) is 17.6. The molecule has 1 saturated heterocycles. The van der Waals surface area contributed by atoms with Crippen LogP contribution >= 0.6 is 0 Å². The van der Waals surface area contributed by atoms with Crippen molar-refractivity contribution in [3.05, 3.63) is 29.3 Å². The van der Waals surface area contributed by atoms with Crippen LogP contribution in [-0.2, 0) is 13.0 Å². The number of hydrogen-bond donors (Lipinski definition) is 2. The molecule has 24 heavy (non-hydrogen) atoms. The normalized spacial score (nSPS) is 18.3. The first-order valence-electron chi connectivity index (χ1n) is 8.20. The molecule has 0 saturated carbocycles. The minimum Gasteiger partial charge on any atom is -0.349 e. The number of rotatable bonds is 3. The molecule has 9 heteroatoms. The van der Waals surface area contributed by atoms with Gasteiger partial charge in [0.05, 0.1) is 18.4 Å². The van der Waals surface area contributed by atoms with Crippen molar-refractivity contribution in [2.24, 2.45) is 5.92 Å². The van der Waals surface area contributed by atoms with E-state index in [0.29, 0.717) is 43.5 Å². The molecule has 2 amide bonds. The summed E-state index contributed by atoms with van der Waals surface area (Å²) in [5.74, 6) is 0.254. The van der Waals surface area contributed by atoms with Crippen LogP contribution in [0.2, 0.25) is 0 Å². The fourth-order valence-corrected chi connectivity index (χ4v) is 3.36. The van der Waals surface area contributed by atoms with E-state index in [1.165, 1.54) is 0 Å². The van der Waals surface area contributed by atoms with Gasteiger partial charge in [-0.2, -0.15) is 20.5 Å². The fraction of sp³-hybridized carbons (Fsp3) is 0.533. The Bertz CT molecular complexity index is 744. The number of aromatic nitrogens is 5. The second-order valence-corrected chi connectivity index (χ2v) is 6.29. The summed E-state index contributed by atoms with van der Waals surface area (Å²) in [6.07, 6.45) is 4.51. The van der Waals surface area contributed by atoms with E-state index in [2.05, 4.69) is 25.8 Å². The predicted octanol–water partition coefficient (Wildman–Crippen LogP) is -0.161. The van der Waals surface area contributed by atoms with Gasteiger partial charge in [-0.15, -0.1) is 0 Å². The lowest BCUT2D eigenvalue weighted by Gasteiger charge is -2.31. The number of piperidine rings is 1. The average molecular weight is 329 g/mol. The van der Waals surface area contributed by atoms with Crippen LogP contribution in [0.1, 0.15) is 39.5 Å². The van der Waals surface area contributed by atoms with Crippen molar-refractivity contribution in [1.82, 2.24) is 35.4 Å². The van der Waals surface area contributed by atoms with Gasteiger partial charge in [0.15, 0.2) is 5.69 Å². The molecular formula is C15H19N7O2. The zero-order valence-corrected chi connectivity index (χ0v) is 13.2. The Balaban J connectivity index is 1.39. The molecule has 126 valence electrons. The Morgan fingerprint density at radius 2 is 2.12 bits per heavy atom. The van der Waals surface area contributed by atoms with Crippen molar-refractivity contribution in [2.75, 3.05) is 19.6 Å². The van der Waals surface area contributed by atoms with E-state index < -0.39 is 0 Å². The molecule has 0 unspecified atom stereocenters. The van der Waals surface area contributed by atoms with Crippen molar-refractivity contribution < 1.29 is 9.59 Å². The van der Waals surface area contributed by atoms with Gasteiger partial charge < -0.3 is 10.2 Å². The topological polar surface area (TPSA) is 109 Å². The Morgan fingerprint density at radius 3 is 2.83 bits per heavy atom. The molecule has 2 aromatic rings. The van der Waals surface area contributed by atoms with Crippen LogP contribution in [-0.4, -0.2) is 61.5 Å². The minimum absolute atomic E-state index is 0.0930. The molecule has 4 rings (SSSR count). The van der Waals surface area contributed by atoms with Gasteiger partial charge in [0.1, 0.15) is 5.69 Å². The Kier molecular flexibility index (Phi) is 3.75. The minimum atomic E-state index is -0.167. The number of nitrogens with one attached hydrogen (secondary N) is 2. The van der Waals surface area contributed by atoms with Crippen molar-refractivity contribution in [3.8, 4) is 0 Å². The first-order valence-corrected chi connectivity index (χ1v) is 8.20. The molecule has 0 aromatic carbocycles. The Morgan fingerprint density at radius 1 is 1.29 bits per heavy atom. The quantitative estimate of drug-likeness (QED) is 0.813. The maximum absolute atomic E-state index is 12.6. The number of carbonyl (C=O) groups is 2. The summed E-state index contributed by atoms with van der Waals surface area (Å²) in [7, 11) is 0. The lowest BCUT2D eigenvalue weighted by Crippen LogP contribution is -2.39. The summed E-state index contributed by atoms with van der Waals surface area (Å²) < 4.78 is 1.61. The number of H-pyrrole nitrogens is 1. The third-order valence-electron chi connectivity index (χ3n) is 4.71. The molecule has 0 bridgehead atoms. The molecule has 0 atom stereocenters. The smallest absolute Gasteiger partial charge is 0.274 e. The number of hydrogen-bond acceptors (Lipinski definition) is 5. The lowest BCUT2D eigenvalue weighted by molar-refractivity contribution is 0.0683. The van der Waals surface area contributed by atoms with E-state index in [-0.39, 0.29) is 11.8 Å². The molecule has 2 aromatic heterocycles. The van der Waals surface area contributed by atoms with E-state index in [1.807, 2.05) is 4.90 Å². The zero-order chi connectivity index (χ0) is 16.5. The highest BCUT2D eigenvalue weighted by Gasteiger charge is 2.28. The highest BCUT2D eigenvalue weighted by molar-refractivity contribution is 5.98. The van der Waals surface area contributed by atoms with Crippen LogP contribution in [0.25, 0.3) is 0 Å².